The zero-order valence-electron chi connectivity index (χ0n) is 14.3. The van der Waals surface area contributed by atoms with Crippen molar-refractivity contribution in [2.45, 2.75) is 50.2 Å². The molecule has 154 valence electrons. The average molecular weight is 422 g/mol. The molecule has 6 N–H and O–H groups in total. The smallest absolute Gasteiger partial charge is 0.373 e. The topological polar surface area (TPSA) is 208 Å². The number of hydrogen-bond acceptors (Lipinski definition) is 8. The standard InChI is InChI=1S/C12H24O12P2/c1-3-5-7-23-9(13)11(15,25(17,18)19)12(16,26(20,21)22)10(14)24-8-6-4-2/h15-16H,3-8H2,1-2H3,(H2,17,18,19)(H2,20,21,22). The maximum atomic E-state index is 12.0. The first-order chi connectivity index (χ1) is 11.7. The van der Waals surface area contributed by atoms with Crippen molar-refractivity contribution in [3.63, 3.8) is 0 Å². The van der Waals surface area contributed by atoms with Gasteiger partial charge >= 0.3 is 37.8 Å². The summed E-state index contributed by atoms with van der Waals surface area (Å²) in [7, 11) is -12.5. The number of rotatable bonds is 11. The Labute approximate surface area is 149 Å². The second kappa shape index (κ2) is 9.38. The number of carbonyl (C=O) groups excluding carboxylic acids is 2. The summed E-state index contributed by atoms with van der Waals surface area (Å²) in [5.41, 5.74) is 0. The lowest BCUT2D eigenvalue weighted by molar-refractivity contribution is -0.189. The van der Waals surface area contributed by atoms with E-state index in [1.807, 2.05) is 0 Å². The zero-order valence-corrected chi connectivity index (χ0v) is 16.1. The molecule has 0 fully saturated rings. The molecule has 2 atom stereocenters. The molecule has 2 unspecified atom stereocenters. The molecule has 0 saturated carbocycles. The fourth-order valence-electron chi connectivity index (χ4n) is 1.75. The fourth-order valence-corrected chi connectivity index (χ4v) is 4.13. The van der Waals surface area contributed by atoms with E-state index in [9.17, 15) is 48.5 Å². The molecule has 0 amide bonds. The van der Waals surface area contributed by atoms with Crippen molar-refractivity contribution in [2.75, 3.05) is 13.2 Å². The SMILES string of the molecule is CCCCOC(=O)C(O)(C(O)(C(=O)OCCCC)P(=O)(O)O)P(=O)(O)O. The summed E-state index contributed by atoms with van der Waals surface area (Å²) < 4.78 is 32.2. The van der Waals surface area contributed by atoms with E-state index < -0.39 is 51.0 Å². The number of ether oxygens (including phenoxy) is 2. The van der Waals surface area contributed by atoms with E-state index in [0.29, 0.717) is 12.8 Å². The lowest BCUT2D eigenvalue weighted by Crippen LogP contribution is -2.64. The molecule has 12 nitrogen and oxygen atoms in total. The zero-order chi connectivity index (χ0) is 20.8. The largest absolute Gasteiger partial charge is 0.463 e. The molecule has 26 heavy (non-hydrogen) atoms. The van der Waals surface area contributed by atoms with Crippen LogP contribution in [0.1, 0.15) is 39.5 Å². The lowest BCUT2D eigenvalue weighted by atomic mass is 10.2. The first-order valence-electron chi connectivity index (χ1n) is 7.62. The van der Waals surface area contributed by atoms with Gasteiger partial charge in [0.15, 0.2) is 0 Å². The molecule has 0 saturated heterocycles. The summed E-state index contributed by atoms with van der Waals surface area (Å²) in [4.78, 5) is 61.4. The Morgan fingerprint density at radius 3 is 1.23 bits per heavy atom. The molecule has 14 heteroatoms. The number of esters is 2. The van der Waals surface area contributed by atoms with Crippen LogP contribution >= 0.6 is 15.2 Å². The molecule has 0 aromatic heterocycles. The van der Waals surface area contributed by atoms with Crippen molar-refractivity contribution >= 4 is 27.1 Å². The lowest BCUT2D eigenvalue weighted by Gasteiger charge is -2.38. The Bertz CT molecular complexity index is 543. The highest BCUT2D eigenvalue weighted by Gasteiger charge is 2.79. The van der Waals surface area contributed by atoms with Crippen LogP contribution in [0.5, 0.6) is 0 Å². The Morgan fingerprint density at radius 1 is 0.769 bits per heavy atom. The first kappa shape index (κ1) is 25.2. The van der Waals surface area contributed by atoms with E-state index in [-0.39, 0.29) is 12.8 Å². The van der Waals surface area contributed by atoms with Crippen LogP contribution in [-0.4, -0.2) is 65.6 Å². The molecule has 0 aromatic carbocycles. The molecule has 0 heterocycles. The van der Waals surface area contributed by atoms with E-state index >= 15 is 0 Å². The van der Waals surface area contributed by atoms with Crippen LogP contribution in [0.3, 0.4) is 0 Å². The molecule has 0 aliphatic rings. The van der Waals surface area contributed by atoms with Gasteiger partial charge in [-0.1, -0.05) is 26.7 Å². The van der Waals surface area contributed by atoms with E-state index in [1.54, 1.807) is 13.8 Å². The van der Waals surface area contributed by atoms with Gasteiger partial charge in [-0.3, -0.25) is 9.13 Å². The van der Waals surface area contributed by atoms with Gasteiger partial charge in [0.2, 0.25) is 0 Å². The summed E-state index contributed by atoms with van der Waals surface area (Å²) in [6.45, 7) is 2.36. The molecule has 0 aliphatic carbocycles. The minimum atomic E-state index is -6.27. The quantitative estimate of drug-likeness (QED) is 0.140. The number of aliphatic hydroxyl groups is 2. The Kier molecular flexibility index (Phi) is 9.08. The number of hydrogen-bond donors (Lipinski definition) is 6. The molecule has 0 radical (unpaired) electrons. The van der Waals surface area contributed by atoms with Gasteiger partial charge in [-0.25, -0.2) is 9.59 Å². The normalized spacial score (nSPS) is 17.1. The van der Waals surface area contributed by atoms with Gasteiger partial charge in [-0.15, -0.1) is 0 Å². The summed E-state index contributed by atoms with van der Waals surface area (Å²) in [5.74, 6) is -4.53. The van der Waals surface area contributed by atoms with Crippen LogP contribution < -0.4 is 0 Å². The van der Waals surface area contributed by atoms with Crippen molar-refractivity contribution in [2.24, 2.45) is 0 Å². The molecular formula is C12H24O12P2. The molecule has 0 rings (SSSR count). The van der Waals surface area contributed by atoms with Crippen LogP contribution in [-0.2, 0) is 28.2 Å². The van der Waals surface area contributed by atoms with Crippen molar-refractivity contribution in [1.82, 2.24) is 0 Å². The predicted molar refractivity (Wildman–Crippen MR) is 85.7 cm³/mol. The van der Waals surface area contributed by atoms with E-state index in [4.69, 9.17) is 0 Å². The molecule has 0 aliphatic heterocycles. The van der Waals surface area contributed by atoms with Crippen LogP contribution in [0.2, 0.25) is 0 Å². The Morgan fingerprint density at radius 2 is 1.04 bits per heavy atom. The molecule has 0 aromatic rings. The van der Waals surface area contributed by atoms with E-state index in [2.05, 4.69) is 9.47 Å². The third-order valence-electron chi connectivity index (χ3n) is 3.36. The third-order valence-corrected chi connectivity index (χ3v) is 6.24. The average Bonchev–Trinajstić information content (AvgIpc) is 2.51. The second-order valence-electron chi connectivity index (χ2n) is 5.41. The maximum Gasteiger partial charge on any atom is 0.373 e. The summed E-state index contributed by atoms with van der Waals surface area (Å²) in [6, 6.07) is 0. The van der Waals surface area contributed by atoms with E-state index in [0.717, 1.165) is 0 Å². The highest BCUT2D eigenvalue weighted by atomic mass is 31.2. The summed E-state index contributed by atoms with van der Waals surface area (Å²) in [5, 5.41) is 11.3. The van der Waals surface area contributed by atoms with Gasteiger partial charge in [0.05, 0.1) is 13.2 Å². The van der Waals surface area contributed by atoms with Crippen molar-refractivity contribution in [3.8, 4) is 0 Å². The third kappa shape index (κ3) is 4.90. The van der Waals surface area contributed by atoms with Crippen LogP contribution in [0.4, 0.5) is 0 Å². The minimum absolute atomic E-state index is 0.179. The highest BCUT2D eigenvalue weighted by molar-refractivity contribution is 7.60. The Balaban J connectivity index is 6.24. The van der Waals surface area contributed by atoms with Crippen LogP contribution in [0.15, 0.2) is 0 Å². The molecular weight excluding hydrogens is 398 g/mol. The highest BCUT2D eigenvalue weighted by Crippen LogP contribution is 2.66. The van der Waals surface area contributed by atoms with Gasteiger partial charge in [0, 0.05) is 0 Å². The molecule has 0 spiro atoms. The Hall–Kier alpha value is -0.840. The van der Waals surface area contributed by atoms with Gasteiger partial charge in [0.25, 0.3) is 0 Å². The maximum absolute atomic E-state index is 12.0. The summed E-state index contributed by atoms with van der Waals surface area (Å²) in [6.07, 6.45) is 1.28. The van der Waals surface area contributed by atoms with Crippen LogP contribution in [0, 0.1) is 0 Å². The number of carbonyl (C=O) groups is 2. The van der Waals surface area contributed by atoms with Gasteiger partial charge < -0.3 is 39.3 Å². The van der Waals surface area contributed by atoms with Crippen molar-refractivity contribution in [1.29, 1.82) is 0 Å². The first-order valence-corrected chi connectivity index (χ1v) is 10.8. The second-order valence-corrected chi connectivity index (χ2v) is 8.88. The number of unbranched alkanes of at least 4 members (excludes halogenated alkanes) is 2. The molecule has 0 bridgehead atoms. The predicted octanol–water partition coefficient (Wildman–Crippen LogP) is -0.594. The minimum Gasteiger partial charge on any atom is -0.463 e. The van der Waals surface area contributed by atoms with Gasteiger partial charge in [-0.2, -0.15) is 0 Å². The van der Waals surface area contributed by atoms with Gasteiger partial charge in [-0.05, 0) is 12.8 Å². The summed E-state index contributed by atoms with van der Waals surface area (Å²) >= 11 is 0. The van der Waals surface area contributed by atoms with E-state index in [1.165, 1.54) is 0 Å². The van der Waals surface area contributed by atoms with Crippen LogP contribution in [0.25, 0.3) is 0 Å². The monoisotopic (exact) mass is 422 g/mol. The van der Waals surface area contributed by atoms with Gasteiger partial charge in [0.1, 0.15) is 0 Å². The fraction of sp³-hybridized carbons (Fsp3) is 0.833. The van der Waals surface area contributed by atoms with Crippen molar-refractivity contribution in [3.05, 3.63) is 0 Å². The van der Waals surface area contributed by atoms with Crippen molar-refractivity contribution < 1.29 is 58.0 Å².